The molecule has 0 bridgehead atoms. The molecule has 0 aliphatic heterocycles. The maximum Gasteiger partial charge on any atom is 0.320 e. The molecule has 1 aromatic carbocycles. The highest BCUT2D eigenvalue weighted by Crippen LogP contribution is 2.18. The van der Waals surface area contributed by atoms with E-state index < -0.39 is 12.0 Å². The quantitative estimate of drug-likeness (QED) is 0.695. The number of nitrogens with one attached hydrogen (secondary N) is 1. The van der Waals surface area contributed by atoms with Crippen molar-refractivity contribution in [2.45, 2.75) is 32.4 Å². The van der Waals surface area contributed by atoms with E-state index in [1.807, 2.05) is 30.5 Å². The summed E-state index contributed by atoms with van der Waals surface area (Å²) < 4.78 is 5.67. The van der Waals surface area contributed by atoms with Gasteiger partial charge in [0.05, 0.1) is 6.61 Å². The van der Waals surface area contributed by atoms with Gasteiger partial charge in [-0.3, -0.25) is 4.79 Å². The van der Waals surface area contributed by atoms with Crippen LogP contribution in [0.1, 0.15) is 25.3 Å². The highest BCUT2D eigenvalue weighted by molar-refractivity contribution is 7.98. The molecule has 112 valence electrons. The van der Waals surface area contributed by atoms with Crippen LogP contribution in [-0.2, 0) is 11.3 Å². The van der Waals surface area contributed by atoms with Gasteiger partial charge in [0.1, 0.15) is 11.8 Å². The smallest absolute Gasteiger partial charge is 0.320 e. The molecule has 0 aromatic heterocycles. The second-order valence-electron chi connectivity index (χ2n) is 4.51. The Kier molecular flexibility index (Phi) is 8.14. The van der Waals surface area contributed by atoms with Crippen molar-refractivity contribution in [2.75, 3.05) is 18.6 Å². The van der Waals surface area contributed by atoms with E-state index in [2.05, 4.69) is 12.2 Å². The summed E-state index contributed by atoms with van der Waals surface area (Å²) in [5.41, 5.74) is 0.997. The van der Waals surface area contributed by atoms with Crippen LogP contribution in [0.25, 0.3) is 0 Å². The summed E-state index contributed by atoms with van der Waals surface area (Å²) in [6.45, 7) is 3.24. The molecule has 0 radical (unpaired) electrons. The van der Waals surface area contributed by atoms with Gasteiger partial charge in [0.25, 0.3) is 0 Å². The van der Waals surface area contributed by atoms with E-state index >= 15 is 0 Å². The van der Waals surface area contributed by atoms with Crippen molar-refractivity contribution < 1.29 is 14.6 Å². The number of para-hydroxylation sites is 1. The second kappa shape index (κ2) is 9.66. The van der Waals surface area contributed by atoms with Gasteiger partial charge in [0, 0.05) is 12.1 Å². The standard InChI is InChI=1S/C15H23NO3S/c1-3-9-19-14-7-5-4-6-12(14)11-16-13(15(17)18)8-10-20-2/h4-7,13,16H,3,8-11H2,1-2H3,(H,17,18)/t13-/m1/s1. The number of carboxylic acid groups (broad SMARTS) is 1. The van der Waals surface area contributed by atoms with Gasteiger partial charge in [-0.15, -0.1) is 0 Å². The number of carboxylic acids is 1. The topological polar surface area (TPSA) is 58.6 Å². The van der Waals surface area contributed by atoms with Crippen molar-refractivity contribution in [3.05, 3.63) is 29.8 Å². The van der Waals surface area contributed by atoms with E-state index in [1.54, 1.807) is 11.8 Å². The van der Waals surface area contributed by atoms with Crippen LogP contribution in [0.15, 0.2) is 24.3 Å². The molecule has 20 heavy (non-hydrogen) atoms. The lowest BCUT2D eigenvalue weighted by molar-refractivity contribution is -0.139. The van der Waals surface area contributed by atoms with Gasteiger partial charge in [-0.2, -0.15) is 11.8 Å². The fourth-order valence-electron chi connectivity index (χ4n) is 1.78. The van der Waals surface area contributed by atoms with Gasteiger partial charge >= 0.3 is 5.97 Å². The number of benzene rings is 1. The zero-order valence-corrected chi connectivity index (χ0v) is 12.9. The minimum absolute atomic E-state index is 0.505. The molecular formula is C15H23NO3S. The Morgan fingerprint density at radius 2 is 2.20 bits per heavy atom. The number of thioether (sulfide) groups is 1. The summed E-state index contributed by atoms with van der Waals surface area (Å²) in [7, 11) is 0. The predicted molar refractivity (Wildman–Crippen MR) is 83.5 cm³/mol. The van der Waals surface area contributed by atoms with Crippen molar-refractivity contribution in [3.8, 4) is 5.75 Å². The number of hydrogen-bond acceptors (Lipinski definition) is 4. The zero-order chi connectivity index (χ0) is 14.8. The normalized spacial score (nSPS) is 12.1. The van der Waals surface area contributed by atoms with Crippen molar-refractivity contribution in [2.24, 2.45) is 0 Å². The molecule has 1 rings (SSSR count). The van der Waals surface area contributed by atoms with Crippen LogP contribution in [0.3, 0.4) is 0 Å². The van der Waals surface area contributed by atoms with Crippen LogP contribution in [0.2, 0.25) is 0 Å². The average Bonchev–Trinajstić information content (AvgIpc) is 2.45. The van der Waals surface area contributed by atoms with E-state index in [9.17, 15) is 9.90 Å². The fourth-order valence-corrected chi connectivity index (χ4v) is 2.26. The Labute approximate surface area is 124 Å². The average molecular weight is 297 g/mol. The molecule has 0 unspecified atom stereocenters. The lowest BCUT2D eigenvalue weighted by Crippen LogP contribution is -2.36. The molecule has 0 amide bonds. The van der Waals surface area contributed by atoms with Crippen molar-refractivity contribution in [1.29, 1.82) is 0 Å². The highest BCUT2D eigenvalue weighted by atomic mass is 32.2. The first-order valence-corrected chi connectivity index (χ1v) is 8.24. The van der Waals surface area contributed by atoms with E-state index in [0.717, 1.165) is 23.5 Å². The maximum absolute atomic E-state index is 11.2. The minimum Gasteiger partial charge on any atom is -0.493 e. The summed E-state index contributed by atoms with van der Waals surface area (Å²) in [5.74, 6) is 0.861. The molecule has 0 fully saturated rings. The molecule has 0 aliphatic rings. The third-order valence-corrected chi connectivity index (χ3v) is 3.53. The zero-order valence-electron chi connectivity index (χ0n) is 12.1. The Hall–Kier alpha value is -1.20. The Bertz CT molecular complexity index is 412. The van der Waals surface area contributed by atoms with E-state index in [0.29, 0.717) is 19.6 Å². The third kappa shape index (κ3) is 5.84. The van der Waals surface area contributed by atoms with Crippen LogP contribution in [0.4, 0.5) is 0 Å². The Morgan fingerprint density at radius 3 is 2.85 bits per heavy atom. The Balaban J connectivity index is 2.60. The highest BCUT2D eigenvalue weighted by Gasteiger charge is 2.16. The van der Waals surface area contributed by atoms with Crippen molar-refractivity contribution >= 4 is 17.7 Å². The molecule has 0 saturated heterocycles. The van der Waals surface area contributed by atoms with E-state index in [1.165, 1.54) is 0 Å². The van der Waals surface area contributed by atoms with Crippen LogP contribution < -0.4 is 10.1 Å². The number of rotatable bonds is 10. The molecule has 5 heteroatoms. The van der Waals surface area contributed by atoms with Gasteiger partial charge in [-0.1, -0.05) is 25.1 Å². The number of carbonyl (C=O) groups is 1. The molecular weight excluding hydrogens is 274 g/mol. The van der Waals surface area contributed by atoms with Gasteiger partial charge in [-0.25, -0.2) is 0 Å². The summed E-state index contributed by atoms with van der Waals surface area (Å²) in [5, 5.41) is 12.3. The van der Waals surface area contributed by atoms with E-state index in [-0.39, 0.29) is 0 Å². The van der Waals surface area contributed by atoms with Gasteiger partial charge in [-0.05, 0) is 30.9 Å². The first-order chi connectivity index (χ1) is 9.69. The molecule has 2 N–H and O–H groups in total. The van der Waals surface area contributed by atoms with Gasteiger partial charge in [0.2, 0.25) is 0 Å². The third-order valence-electron chi connectivity index (χ3n) is 2.88. The number of hydrogen-bond donors (Lipinski definition) is 2. The second-order valence-corrected chi connectivity index (χ2v) is 5.49. The van der Waals surface area contributed by atoms with Gasteiger partial charge in [0.15, 0.2) is 0 Å². The molecule has 4 nitrogen and oxygen atoms in total. The maximum atomic E-state index is 11.2. The monoisotopic (exact) mass is 297 g/mol. The SMILES string of the molecule is CCCOc1ccccc1CN[C@H](CCSC)C(=O)O. The number of aliphatic carboxylic acids is 1. The van der Waals surface area contributed by atoms with E-state index in [4.69, 9.17) is 4.74 Å². The lowest BCUT2D eigenvalue weighted by atomic mass is 10.1. The summed E-state index contributed by atoms with van der Waals surface area (Å²) in [6, 6.07) is 7.24. The van der Waals surface area contributed by atoms with Gasteiger partial charge < -0.3 is 15.2 Å². The van der Waals surface area contributed by atoms with Crippen molar-refractivity contribution in [3.63, 3.8) is 0 Å². The summed E-state index contributed by atoms with van der Waals surface area (Å²) in [6.07, 6.45) is 3.55. The molecule has 0 saturated carbocycles. The first kappa shape index (κ1) is 16.9. The number of ether oxygens (including phenoxy) is 1. The molecule has 1 aromatic rings. The van der Waals surface area contributed by atoms with Crippen LogP contribution in [0, 0.1) is 0 Å². The molecule has 0 spiro atoms. The summed E-state index contributed by atoms with van der Waals surface area (Å²) in [4.78, 5) is 11.2. The van der Waals surface area contributed by atoms with Crippen LogP contribution >= 0.6 is 11.8 Å². The first-order valence-electron chi connectivity index (χ1n) is 6.84. The van der Waals surface area contributed by atoms with Crippen LogP contribution in [0.5, 0.6) is 5.75 Å². The minimum atomic E-state index is -0.800. The molecule has 1 atom stereocenters. The molecule has 0 heterocycles. The largest absolute Gasteiger partial charge is 0.493 e. The predicted octanol–water partition coefficient (Wildman–Crippen LogP) is 2.77. The lowest BCUT2D eigenvalue weighted by Gasteiger charge is -2.16. The summed E-state index contributed by atoms with van der Waals surface area (Å²) >= 11 is 1.66. The van der Waals surface area contributed by atoms with Crippen molar-refractivity contribution in [1.82, 2.24) is 5.32 Å². The van der Waals surface area contributed by atoms with Crippen LogP contribution in [-0.4, -0.2) is 35.7 Å². The Morgan fingerprint density at radius 1 is 1.45 bits per heavy atom. The molecule has 0 aliphatic carbocycles. The fraction of sp³-hybridized carbons (Fsp3) is 0.533.